The summed E-state index contributed by atoms with van der Waals surface area (Å²) in [6, 6.07) is 3.84. The van der Waals surface area contributed by atoms with E-state index in [4.69, 9.17) is 45.8 Å². The number of ether oxygens (including phenoxy) is 6. The van der Waals surface area contributed by atoms with Crippen molar-refractivity contribution < 1.29 is 41.6 Å². The van der Waals surface area contributed by atoms with Gasteiger partial charge in [0.25, 0.3) is 0 Å². The van der Waals surface area contributed by atoms with Crippen molar-refractivity contribution >= 4 is 29.3 Å². The first-order valence-corrected chi connectivity index (χ1v) is 16.0. The number of rotatable bonds is 7. The maximum atomic E-state index is 13.6. The lowest BCUT2D eigenvalue weighted by Gasteiger charge is -2.27. The second-order valence-electron chi connectivity index (χ2n) is 11.3. The Morgan fingerprint density at radius 1 is 0.729 bits per heavy atom. The van der Waals surface area contributed by atoms with Crippen LogP contribution in [0.4, 0.5) is 30.9 Å². The second kappa shape index (κ2) is 15.6. The smallest absolute Gasteiger partial charge is 0.417 e. The van der Waals surface area contributed by atoms with Gasteiger partial charge in [-0.3, -0.25) is 0 Å². The summed E-state index contributed by atoms with van der Waals surface area (Å²) >= 11 is 6.03. The van der Waals surface area contributed by atoms with Gasteiger partial charge >= 0.3 is 6.18 Å². The zero-order chi connectivity index (χ0) is 33.5. The fraction of sp³-hybridized carbons (Fsp3) is 0.567. The standard InChI is InChI=1S/C18H20F3N5O3.C12H16ClN3O3/c19-18(20,21)13-7-15(22)23-9-12(13)14-8-16(29-11-1-4-28-10-11)25-17(24-14)26-2-5-27-6-3-26;13-10-7-11(19-9-1-4-18-8-9)15-12(14-10)16-2-5-17-6-3-16/h7-9,11H,1-6,10H2,(H2,22,23);7,9H,1-6,8H2/t11-;9-/m00/s1. The Morgan fingerprint density at radius 2 is 1.27 bits per heavy atom. The Morgan fingerprint density at radius 3 is 1.79 bits per heavy atom. The molecule has 2 N–H and O–H groups in total. The molecule has 0 aromatic carbocycles. The molecule has 0 amide bonds. The zero-order valence-electron chi connectivity index (χ0n) is 26.0. The average molecular weight is 697 g/mol. The third kappa shape index (κ3) is 9.02. The number of nitrogens with zero attached hydrogens (tertiary/aromatic N) is 7. The van der Waals surface area contributed by atoms with E-state index in [0.29, 0.717) is 82.7 Å². The SMILES string of the molecule is Clc1cc(O[C@H]2CCOC2)nc(N2CCOCC2)n1.Nc1cc(C(F)(F)F)c(-c2cc(O[C@H]3CCOC3)nc(N3CCOCC3)n2)cn1. The van der Waals surface area contributed by atoms with Crippen molar-refractivity contribution in [2.45, 2.75) is 31.2 Å². The van der Waals surface area contributed by atoms with Crippen LogP contribution in [0.15, 0.2) is 24.4 Å². The van der Waals surface area contributed by atoms with E-state index in [1.807, 2.05) is 9.80 Å². The summed E-state index contributed by atoms with van der Waals surface area (Å²) in [5, 5.41) is 0.394. The lowest BCUT2D eigenvalue weighted by molar-refractivity contribution is -0.137. The van der Waals surface area contributed by atoms with Crippen LogP contribution in [0, 0.1) is 0 Å². The Balaban J connectivity index is 0.000000182. The lowest BCUT2D eigenvalue weighted by atomic mass is 10.1. The largest absolute Gasteiger partial charge is 0.472 e. The monoisotopic (exact) mass is 696 g/mol. The highest BCUT2D eigenvalue weighted by molar-refractivity contribution is 6.29. The van der Waals surface area contributed by atoms with Gasteiger partial charge in [-0.2, -0.15) is 23.1 Å². The van der Waals surface area contributed by atoms with Crippen LogP contribution in [0.2, 0.25) is 5.15 Å². The molecule has 260 valence electrons. The van der Waals surface area contributed by atoms with Crippen LogP contribution >= 0.6 is 11.6 Å². The van der Waals surface area contributed by atoms with E-state index in [1.165, 1.54) is 6.07 Å². The summed E-state index contributed by atoms with van der Waals surface area (Å²) in [6.45, 7) is 7.25. The number of nitrogens with two attached hydrogens (primary N) is 1. The van der Waals surface area contributed by atoms with Gasteiger partial charge in [0.15, 0.2) is 0 Å². The van der Waals surface area contributed by atoms with Gasteiger partial charge in [-0.1, -0.05) is 11.6 Å². The minimum atomic E-state index is -4.61. The first kappa shape index (κ1) is 34.1. The predicted molar refractivity (Wildman–Crippen MR) is 167 cm³/mol. The van der Waals surface area contributed by atoms with Gasteiger partial charge in [-0.15, -0.1) is 0 Å². The summed E-state index contributed by atoms with van der Waals surface area (Å²) in [5.41, 5.74) is 4.45. The molecule has 2 atom stereocenters. The topological polar surface area (TPSA) is 152 Å². The third-order valence-electron chi connectivity index (χ3n) is 7.80. The maximum Gasteiger partial charge on any atom is 0.417 e. The van der Waals surface area contributed by atoms with E-state index >= 15 is 0 Å². The molecule has 4 saturated heterocycles. The van der Waals surface area contributed by atoms with Gasteiger partial charge in [0.2, 0.25) is 23.7 Å². The molecule has 48 heavy (non-hydrogen) atoms. The molecule has 0 aliphatic carbocycles. The van der Waals surface area contributed by atoms with E-state index in [-0.39, 0.29) is 41.1 Å². The Bertz CT molecular complexity index is 1520. The molecule has 4 aliphatic heterocycles. The molecule has 0 bridgehead atoms. The highest BCUT2D eigenvalue weighted by Gasteiger charge is 2.35. The molecule has 4 aliphatic rings. The summed E-state index contributed by atoms with van der Waals surface area (Å²) in [7, 11) is 0. The maximum absolute atomic E-state index is 13.6. The number of hydrogen-bond acceptors (Lipinski definition) is 14. The Kier molecular flexibility index (Phi) is 11.1. The van der Waals surface area contributed by atoms with Crippen molar-refractivity contribution in [1.82, 2.24) is 24.9 Å². The Hall–Kier alpha value is -3.77. The average Bonchev–Trinajstić information content (AvgIpc) is 3.80. The number of hydrogen-bond donors (Lipinski definition) is 1. The summed E-state index contributed by atoms with van der Waals surface area (Å²) in [6.07, 6.45) is -2.12. The van der Waals surface area contributed by atoms with Crippen molar-refractivity contribution in [3.63, 3.8) is 0 Å². The number of alkyl halides is 3. The van der Waals surface area contributed by atoms with Crippen molar-refractivity contribution in [2.75, 3.05) is 94.6 Å². The van der Waals surface area contributed by atoms with E-state index in [1.54, 1.807) is 6.07 Å². The molecule has 7 heterocycles. The van der Waals surface area contributed by atoms with Gasteiger partial charge in [0.1, 0.15) is 23.2 Å². The van der Waals surface area contributed by atoms with Crippen LogP contribution in [0.5, 0.6) is 11.8 Å². The fourth-order valence-corrected chi connectivity index (χ4v) is 5.50. The molecule has 18 heteroatoms. The molecule has 0 saturated carbocycles. The quantitative estimate of drug-likeness (QED) is 0.360. The van der Waals surface area contributed by atoms with Crippen LogP contribution in [0.25, 0.3) is 11.3 Å². The molecule has 3 aromatic rings. The van der Waals surface area contributed by atoms with Crippen molar-refractivity contribution in [3.8, 4) is 23.0 Å². The summed E-state index contributed by atoms with van der Waals surface area (Å²) in [4.78, 5) is 25.2. The second-order valence-corrected chi connectivity index (χ2v) is 11.7. The minimum absolute atomic E-state index is 0.0588. The highest BCUT2D eigenvalue weighted by Crippen LogP contribution is 2.38. The van der Waals surface area contributed by atoms with Crippen LogP contribution in [0.3, 0.4) is 0 Å². The number of nitrogen functional groups attached to an aromatic ring is 1. The number of halogens is 4. The fourth-order valence-electron chi connectivity index (χ4n) is 5.33. The minimum Gasteiger partial charge on any atom is -0.472 e. The van der Waals surface area contributed by atoms with E-state index in [0.717, 1.165) is 38.4 Å². The molecule has 14 nitrogen and oxygen atoms in total. The van der Waals surface area contributed by atoms with Crippen LogP contribution in [-0.4, -0.2) is 116 Å². The van der Waals surface area contributed by atoms with Gasteiger partial charge in [0, 0.05) is 62.9 Å². The molecule has 0 radical (unpaired) electrons. The van der Waals surface area contributed by atoms with E-state index in [2.05, 4.69) is 24.9 Å². The number of aromatic nitrogens is 5. The molecular formula is C30H36ClF3N8O6. The molecule has 4 fully saturated rings. The Labute approximate surface area is 279 Å². The van der Waals surface area contributed by atoms with E-state index in [9.17, 15) is 13.2 Å². The lowest BCUT2D eigenvalue weighted by Crippen LogP contribution is -2.37. The van der Waals surface area contributed by atoms with Crippen molar-refractivity contribution in [2.24, 2.45) is 0 Å². The number of pyridine rings is 1. The highest BCUT2D eigenvalue weighted by atomic mass is 35.5. The third-order valence-corrected chi connectivity index (χ3v) is 7.99. The van der Waals surface area contributed by atoms with Gasteiger partial charge in [0.05, 0.1) is 64.1 Å². The van der Waals surface area contributed by atoms with Crippen LogP contribution in [0.1, 0.15) is 18.4 Å². The van der Waals surface area contributed by atoms with Crippen LogP contribution in [-0.2, 0) is 25.1 Å². The number of morpholine rings is 2. The first-order valence-electron chi connectivity index (χ1n) is 15.6. The van der Waals surface area contributed by atoms with Gasteiger partial charge < -0.3 is 44.0 Å². The van der Waals surface area contributed by atoms with Gasteiger partial charge in [-0.05, 0) is 6.07 Å². The summed E-state index contributed by atoms with van der Waals surface area (Å²) in [5.74, 6) is 1.37. The molecule has 0 unspecified atom stereocenters. The normalized spacial score (nSPS) is 21.5. The first-order chi connectivity index (χ1) is 23.2. The molecule has 0 spiro atoms. The van der Waals surface area contributed by atoms with Gasteiger partial charge in [-0.25, -0.2) is 15.0 Å². The zero-order valence-corrected chi connectivity index (χ0v) is 26.8. The summed E-state index contributed by atoms with van der Waals surface area (Å²) < 4.78 is 73.6. The van der Waals surface area contributed by atoms with Crippen molar-refractivity contribution in [3.05, 3.63) is 35.1 Å². The molecule has 7 rings (SSSR count). The predicted octanol–water partition coefficient (Wildman–Crippen LogP) is 3.28. The van der Waals surface area contributed by atoms with Crippen molar-refractivity contribution in [1.29, 1.82) is 0 Å². The molecular weight excluding hydrogens is 661 g/mol. The number of anilines is 3. The molecule has 3 aromatic heterocycles. The van der Waals surface area contributed by atoms with E-state index < -0.39 is 11.7 Å². The van der Waals surface area contributed by atoms with Crippen LogP contribution < -0.4 is 25.0 Å².